The highest BCUT2D eigenvalue weighted by Crippen LogP contribution is 2.29. The predicted octanol–water partition coefficient (Wildman–Crippen LogP) is 3.26. The van der Waals surface area contributed by atoms with Crippen LogP contribution in [-0.4, -0.2) is 31.9 Å². The van der Waals surface area contributed by atoms with Gasteiger partial charge in [-0.2, -0.15) is 0 Å². The second-order valence-electron chi connectivity index (χ2n) is 5.35. The van der Waals surface area contributed by atoms with Gasteiger partial charge in [-0.25, -0.2) is 0 Å². The molecule has 1 aliphatic heterocycles. The normalized spacial score (nSPS) is 21.2. The molecule has 2 atom stereocenters. The Hall–Kier alpha value is -0.770. The van der Waals surface area contributed by atoms with Gasteiger partial charge in [0.2, 0.25) is 0 Å². The van der Waals surface area contributed by atoms with Crippen LogP contribution in [0.4, 0.5) is 5.69 Å². The van der Waals surface area contributed by atoms with Crippen molar-refractivity contribution in [1.29, 1.82) is 0 Å². The summed E-state index contributed by atoms with van der Waals surface area (Å²) in [6.07, 6.45) is 1.88. The standard InChI is InChI=1S/C15H22ClNO2/c1-11(18)13-5-6-15(14(16)8-13)17(2)9-12-4-3-7-19-10-12/h5-6,8,11-12,18H,3-4,7,9-10H2,1-2H3/t11-,12?/m1/s1. The highest BCUT2D eigenvalue weighted by Gasteiger charge is 2.17. The van der Waals surface area contributed by atoms with Gasteiger partial charge in [-0.1, -0.05) is 17.7 Å². The van der Waals surface area contributed by atoms with Crippen molar-refractivity contribution in [1.82, 2.24) is 0 Å². The molecule has 1 aliphatic rings. The molecule has 0 aliphatic carbocycles. The molecule has 1 aromatic carbocycles. The van der Waals surface area contributed by atoms with Crippen LogP contribution in [0.25, 0.3) is 0 Å². The SMILES string of the molecule is C[C@@H](O)c1ccc(N(C)CC2CCCOC2)c(Cl)c1. The molecule has 0 bridgehead atoms. The molecule has 19 heavy (non-hydrogen) atoms. The van der Waals surface area contributed by atoms with Gasteiger partial charge in [0, 0.05) is 20.2 Å². The van der Waals surface area contributed by atoms with Crippen LogP contribution < -0.4 is 4.90 Å². The molecule has 0 aromatic heterocycles. The van der Waals surface area contributed by atoms with Crippen molar-refractivity contribution >= 4 is 17.3 Å². The van der Waals surface area contributed by atoms with E-state index < -0.39 is 6.10 Å². The van der Waals surface area contributed by atoms with Gasteiger partial charge in [0.15, 0.2) is 0 Å². The average Bonchev–Trinajstić information content (AvgIpc) is 2.39. The maximum Gasteiger partial charge on any atom is 0.0762 e. The van der Waals surface area contributed by atoms with E-state index in [0.29, 0.717) is 10.9 Å². The van der Waals surface area contributed by atoms with E-state index in [1.54, 1.807) is 6.92 Å². The Kier molecular flexibility index (Phi) is 5.08. The third kappa shape index (κ3) is 3.85. The van der Waals surface area contributed by atoms with Crippen molar-refractivity contribution in [3.8, 4) is 0 Å². The second kappa shape index (κ2) is 6.60. The summed E-state index contributed by atoms with van der Waals surface area (Å²) in [5.41, 5.74) is 1.86. The summed E-state index contributed by atoms with van der Waals surface area (Å²) in [6.45, 7) is 4.43. The van der Waals surface area contributed by atoms with Gasteiger partial charge in [0.05, 0.1) is 23.4 Å². The minimum atomic E-state index is -0.483. The summed E-state index contributed by atoms with van der Waals surface area (Å²) in [7, 11) is 2.05. The smallest absolute Gasteiger partial charge is 0.0762 e. The molecule has 0 spiro atoms. The van der Waals surface area contributed by atoms with Crippen LogP contribution in [0.3, 0.4) is 0 Å². The van der Waals surface area contributed by atoms with Crippen molar-refractivity contribution in [2.45, 2.75) is 25.9 Å². The Morgan fingerprint density at radius 3 is 2.89 bits per heavy atom. The molecule has 2 rings (SSSR count). The molecular weight excluding hydrogens is 262 g/mol. The maximum absolute atomic E-state index is 9.55. The summed E-state index contributed by atoms with van der Waals surface area (Å²) in [6, 6.07) is 5.75. The van der Waals surface area contributed by atoms with E-state index in [1.165, 1.54) is 6.42 Å². The maximum atomic E-state index is 9.55. The van der Waals surface area contributed by atoms with Gasteiger partial charge < -0.3 is 14.7 Å². The first-order valence-electron chi connectivity index (χ1n) is 6.84. The zero-order valence-corrected chi connectivity index (χ0v) is 12.4. The van der Waals surface area contributed by atoms with E-state index in [-0.39, 0.29) is 0 Å². The first-order chi connectivity index (χ1) is 9.08. The lowest BCUT2D eigenvalue weighted by Gasteiger charge is -2.29. The number of benzene rings is 1. The van der Waals surface area contributed by atoms with Gasteiger partial charge >= 0.3 is 0 Å². The summed E-state index contributed by atoms with van der Waals surface area (Å²) >= 11 is 6.30. The van der Waals surface area contributed by atoms with Gasteiger partial charge in [0.25, 0.3) is 0 Å². The van der Waals surface area contributed by atoms with Crippen LogP contribution in [-0.2, 0) is 4.74 Å². The van der Waals surface area contributed by atoms with E-state index >= 15 is 0 Å². The second-order valence-corrected chi connectivity index (χ2v) is 5.76. The molecule has 1 heterocycles. The predicted molar refractivity (Wildman–Crippen MR) is 78.9 cm³/mol. The van der Waals surface area contributed by atoms with Crippen molar-refractivity contribution < 1.29 is 9.84 Å². The van der Waals surface area contributed by atoms with Crippen LogP contribution >= 0.6 is 11.6 Å². The third-order valence-corrected chi connectivity index (χ3v) is 3.95. The number of halogens is 1. The van der Waals surface area contributed by atoms with Crippen molar-refractivity contribution in [2.75, 3.05) is 31.7 Å². The van der Waals surface area contributed by atoms with E-state index in [9.17, 15) is 5.11 Å². The fourth-order valence-electron chi connectivity index (χ4n) is 2.53. The summed E-state index contributed by atoms with van der Waals surface area (Å²) < 4.78 is 5.51. The van der Waals surface area contributed by atoms with Crippen LogP contribution in [0.15, 0.2) is 18.2 Å². The number of aliphatic hydroxyl groups excluding tert-OH is 1. The first kappa shape index (κ1) is 14.6. The minimum Gasteiger partial charge on any atom is -0.389 e. The Balaban J connectivity index is 2.03. The van der Waals surface area contributed by atoms with E-state index in [2.05, 4.69) is 11.9 Å². The Bertz CT molecular complexity index is 417. The van der Waals surface area contributed by atoms with E-state index in [0.717, 1.165) is 37.4 Å². The highest BCUT2D eigenvalue weighted by molar-refractivity contribution is 6.33. The molecule has 0 radical (unpaired) electrons. The molecule has 0 amide bonds. The third-order valence-electron chi connectivity index (χ3n) is 3.65. The quantitative estimate of drug-likeness (QED) is 0.921. The minimum absolute atomic E-state index is 0.483. The lowest BCUT2D eigenvalue weighted by atomic mass is 10.0. The molecule has 1 aromatic rings. The number of nitrogens with zero attached hydrogens (tertiary/aromatic N) is 1. The number of aliphatic hydroxyl groups is 1. The van der Waals surface area contributed by atoms with E-state index in [4.69, 9.17) is 16.3 Å². The Morgan fingerprint density at radius 1 is 1.53 bits per heavy atom. The molecule has 4 heteroatoms. The zero-order valence-electron chi connectivity index (χ0n) is 11.6. The lowest BCUT2D eigenvalue weighted by molar-refractivity contribution is 0.0576. The van der Waals surface area contributed by atoms with Crippen molar-refractivity contribution in [3.63, 3.8) is 0 Å². The number of rotatable bonds is 4. The van der Waals surface area contributed by atoms with Crippen molar-refractivity contribution in [2.24, 2.45) is 5.92 Å². The van der Waals surface area contributed by atoms with E-state index in [1.807, 2.05) is 18.2 Å². The van der Waals surface area contributed by atoms with Crippen LogP contribution in [0.5, 0.6) is 0 Å². The Labute approximate surface area is 120 Å². The number of anilines is 1. The largest absolute Gasteiger partial charge is 0.389 e. The monoisotopic (exact) mass is 283 g/mol. The fraction of sp³-hybridized carbons (Fsp3) is 0.600. The van der Waals surface area contributed by atoms with Crippen LogP contribution in [0, 0.1) is 5.92 Å². The zero-order chi connectivity index (χ0) is 13.8. The number of hydrogen-bond donors (Lipinski definition) is 1. The summed E-state index contributed by atoms with van der Waals surface area (Å²) in [4.78, 5) is 2.17. The topological polar surface area (TPSA) is 32.7 Å². The molecule has 1 unspecified atom stereocenters. The van der Waals surface area contributed by atoms with Crippen molar-refractivity contribution in [3.05, 3.63) is 28.8 Å². The summed E-state index contributed by atoms with van der Waals surface area (Å²) in [5, 5.41) is 10.2. The van der Waals surface area contributed by atoms with Crippen LogP contribution in [0.2, 0.25) is 5.02 Å². The molecule has 3 nitrogen and oxygen atoms in total. The fourth-order valence-corrected chi connectivity index (χ4v) is 2.86. The number of hydrogen-bond acceptors (Lipinski definition) is 3. The average molecular weight is 284 g/mol. The molecule has 1 saturated heterocycles. The molecule has 106 valence electrons. The number of ether oxygens (including phenoxy) is 1. The van der Waals surface area contributed by atoms with Gasteiger partial charge in [-0.05, 0) is 43.4 Å². The molecule has 1 N–H and O–H groups in total. The van der Waals surface area contributed by atoms with Crippen LogP contribution in [0.1, 0.15) is 31.4 Å². The first-order valence-corrected chi connectivity index (χ1v) is 7.22. The van der Waals surface area contributed by atoms with Gasteiger partial charge in [0.1, 0.15) is 0 Å². The summed E-state index contributed by atoms with van der Waals surface area (Å²) in [5.74, 6) is 0.575. The van der Waals surface area contributed by atoms with Gasteiger partial charge in [-0.15, -0.1) is 0 Å². The Morgan fingerprint density at radius 2 is 2.32 bits per heavy atom. The lowest BCUT2D eigenvalue weighted by Crippen LogP contribution is -2.31. The van der Waals surface area contributed by atoms with Gasteiger partial charge in [-0.3, -0.25) is 0 Å². The molecule has 1 fully saturated rings. The highest BCUT2D eigenvalue weighted by atomic mass is 35.5. The molecular formula is C15H22ClNO2. The molecule has 0 saturated carbocycles.